The van der Waals surface area contributed by atoms with Crippen molar-refractivity contribution in [3.63, 3.8) is 0 Å². The van der Waals surface area contributed by atoms with E-state index in [1.54, 1.807) is 24.4 Å². The number of nitriles is 1. The number of benzene rings is 2. The van der Waals surface area contributed by atoms with Crippen LogP contribution in [-0.2, 0) is 14.8 Å². The summed E-state index contributed by atoms with van der Waals surface area (Å²) in [6.07, 6.45) is 3.21. The lowest BCUT2D eigenvalue weighted by atomic mass is 9.95. The molecule has 1 saturated carbocycles. The number of aromatic nitrogens is 1. The SMILES string of the molecule is N#Cc1ccc(-c2cnccc2NS(=O)(=O)C2CC(=O)C2)c2ccccc12. The zero-order valence-electron chi connectivity index (χ0n) is 14.2. The number of carbonyl (C=O) groups excluding carboxylic acids is 1. The van der Waals surface area contributed by atoms with E-state index >= 15 is 0 Å². The van der Waals surface area contributed by atoms with Crippen LogP contribution in [-0.4, -0.2) is 24.4 Å². The van der Waals surface area contributed by atoms with Crippen molar-refractivity contribution in [2.45, 2.75) is 18.1 Å². The Hall–Kier alpha value is -3.24. The quantitative estimate of drug-likeness (QED) is 0.752. The molecule has 2 aromatic carbocycles. The zero-order chi connectivity index (χ0) is 19.0. The lowest BCUT2D eigenvalue weighted by Gasteiger charge is -2.25. The first-order valence-electron chi connectivity index (χ1n) is 8.39. The van der Waals surface area contributed by atoms with Crippen LogP contribution in [0.2, 0.25) is 0 Å². The van der Waals surface area contributed by atoms with Crippen LogP contribution >= 0.6 is 0 Å². The van der Waals surface area contributed by atoms with Crippen molar-refractivity contribution < 1.29 is 13.2 Å². The summed E-state index contributed by atoms with van der Waals surface area (Å²) in [6, 6.07) is 14.8. The molecule has 1 aliphatic rings. The molecule has 1 aliphatic carbocycles. The summed E-state index contributed by atoms with van der Waals surface area (Å²) in [7, 11) is -3.66. The molecule has 1 fully saturated rings. The summed E-state index contributed by atoms with van der Waals surface area (Å²) < 4.78 is 27.7. The van der Waals surface area contributed by atoms with Crippen molar-refractivity contribution in [1.82, 2.24) is 4.98 Å². The third-order valence-corrected chi connectivity index (χ3v) is 6.47. The highest BCUT2D eigenvalue weighted by Gasteiger charge is 2.37. The van der Waals surface area contributed by atoms with E-state index in [1.165, 1.54) is 6.20 Å². The van der Waals surface area contributed by atoms with E-state index in [9.17, 15) is 18.5 Å². The first-order chi connectivity index (χ1) is 13.0. The van der Waals surface area contributed by atoms with E-state index in [4.69, 9.17) is 0 Å². The zero-order valence-corrected chi connectivity index (χ0v) is 15.0. The molecule has 134 valence electrons. The highest BCUT2D eigenvalue weighted by Crippen LogP contribution is 2.36. The van der Waals surface area contributed by atoms with Gasteiger partial charge < -0.3 is 0 Å². The standard InChI is InChI=1S/C20H15N3O3S/c21-11-13-5-6-18(17-4-2-1-3-16(13)17)19-12-22-8-7-20(19)23-27(25,26)15-9-14(24)10-15/h1-8,12,15H,9-10H2,(H,22,23). The summed E-state index contributed by atoms with van der Waals surface area (Å²) in [4.78, 5) is 15.3. The molecule has 0 spiro atoms. The van der Waals surface area contributed by atoms with Gasteiger partial charge in [0.1, 0.15) is 5.78 Å². The Labute approximate surface area is 156 Å². The maximum atomic E-state index is 12.5. The number of sulfonamides is 1. The summed E-state index contributed by atoms with van der Waals surface area (Å²) in [5, 5.41) is 10.3. The number of nitrogens with zero attached hydrogens (tertiary/aromatic N) is 2. The predicted molar refractivity (Wildman–Crippen MR) is 102 cm³/mol. The number of pyridine rings is 1. The number of ketones is 1. The fourth-order valence-electron chi connectivity index (χ4n) is 3.23. The van der Waals surface area contributed by atoms with Gasteiger partial charge in [0.25, 0.3) is 0 Å². The molecule has 27 heavy (non-hydrogen) atoms. The minimum absolute atomic E-state index is 0.0431. The normalized spacial score (nSPS) is 14.6. The molecule has 4 rings (SSSR count). The van der Waals surface area contributed by atoms with Crippen LogP contribution in [0.1, 0.15) is 18.4 Å². The molecule has 0 aliphatic heterocycles. The van der Waals surface area contributed by atoms with E-state index < -0.39 is 15.3 Å². The lowest BCUT2D eigenvalue weighted by Crippen LogP contribution is -2.39. The minimum Gasteiger partial charge on any atom is -0.300 e. The van der Waals surface area contributed by atoms with Crippen LogP contribution in [0.25, 0.3) is 21.9 Å². The average molecular weight is 377 g/mol. The van der Waals surface area contributed by atoms with E-state index in [2.05, 4.69) is 15.8 Å². The van der Waals surface area contributed by atoms with Gasteiger partial charge in [-0.05, 0) is 23.1 Å². The smallest absolute Gasteiger partial charge is 0.236 e. The molecule has 3 aromatic rings. The average Bonchev–Trinajstić information content (AvgIpc) is 2.65. The maximum Gasteiger partial charge on any atom is 0.236 e. The van der Waals surface area contributed by atoms with Crippen molar-refractivity contribution in [2.24, 2.45) is 0 Å². The first-order valence-corrected chi connectivity index (χ1v) is 9.94. The van der Waals surface area contributed by atoms with Crippen LogP contribution in [0.4, 0.5) is 5.69 Å². The van der Waals surface area contributed by atoms with Crippen molar-refractivity contribution in [1.29, 1.82) is 5.26 Å². The fourth-order valence-corrected chi connectivity index (χ4v) is 4.70. The van der Waals surface area contributed by atoms with Crippen LogP contribution in [0.15, 0.2) is 54.9 Å². The highest BCUT2D eigenvalue weighted by molar-refractivity contribution is 7.93. The summed E-state index contributed by atoms with van der Waals surface area (Å²) in [6.45, 7) is 0. The topological polar surface area (TPSA) is 99.9 Å². The Bertz CT molecular complexity index is 1200. The largest absolute Gasteiger partial charge is 0.300 e. The fraction of sp³-hybridized carbons (Fsp3) is 0.150. The molecule has 0 radical (unpaired) electrons. The van der Waals surface area contributed by atoms with Gasteiger partial charge in [-0.1, -0.05) is 30.3 Å². The van der Waals surface area contributed by atoms with Gasteiger partial charge in [0, 0.05) is 36.2 Å². The molecule has 1 heterocycles. The number of hydrogen-bond acceptors (Lipinski definition) is 5. The molecule has 6 nitrogen and oxygen atoms in total. The van der Waals surface area contributed by atoms with Crippen LogP contribution in [0.5, 0.6) is 0 Å². The summed E-state index contributed by atoms with van der Waals surface area (Å²) in [5.74, 6) is -0.0431. The molecule has 1 N–H and O–H groups in total. The van der Waals surface area contributed by atoms with Gasteiger partial charge in [0.2, 0.25) is 10.0 Å². The second kappa shape index (κ2) is 6.49. The molecule has 0 saturated heterocycles. The number of carbonyl (C=O) groups is 1. The third kappa shape index (κ3) is 3.04. The van der Waals surface area contributed by atoms with E-state index in [1.807, 2.05) is 24.3 Å². The maximum absolute atomic E-state index is 12.5. The van der Waals surface area contributed by atoms with Gasteiger partial charge in [0.15, 0.2) is 0 Å². The Morgan fingerprint density at radius 3 is 2.48 bits per heavy atom. The van der Waals surface area contributed by atoms with Gasteiger partial charge >= 0.3 is 0 Å². The highest BCUT2D eigenvalue weighted by atomic mass is 32.2. The molecular formula is C20H15N3O3S. The van der Waals surface area contributed by atoms with Crippen LogP contribution in [0, 0.1) is 11.3 Å². The number of hydrogen-bond donors (Lipinski definition) is 1. The lowest BCUT2D eigenvalue weighted by molar-refractivity contribution is -0.123. The van der Waals surface area contributed by atoms with Crippen LogP contribution in [0.3, 0.4) is 0 Å². The molecule has 0 atom stereocenters. The summed E-state index contributed by atoms with van der Waals surface area (Å²) in [5.41, 5.74) is 2.35. The van der Waals surface area contributed by atoms with Crippen molar-refractivity contribution in [3.8, 4) is 17.2 Å². The Kier molecular flexibility index (Phi) is 4.13. The Balaban J connectivity index is 1.82. The number of Topliss-reactive ketones (excluding diaryl/α,β-unsaturated/α-hetero) is 1. The van der Waals surface area contributed by atoms with Gasteiger partial charge in [-0.3, -0.25) is 14.5 Å². The number of nitrogens with one attached hydrogen (secondary N) is 1. The minimum atomic E-state index is -3.66. The van der Waals surface area contributed by atoms with Crippen molar-refractivity contribution >= 4 is 32.3 Å². The molecule has 1 aromatic heterocycles. The van der Waals surface area contributed by atoms with Gasteiger partial charge in [-0.25, -0.2) is 8.42 Å². The molecular weight excluding hydrogens is 362 g/mol. The molecule has 0 amide bonds. The van der Waals surface area contributed by atoms with Gasteiger partial charge in [-0.15, -0.1) is 0 Å². The first kappa shape index (κ1) is 17.2. The number of fused-ring (bicyclic) bond motifs is 1. The molecule has 0 unspecified atom stereocenters. The Morgan fingerprint density at radius 1 is 1.04 bits per heavy atom. The van der Waals surface area contributed by atoms with Crippen molar-refractivity contribution in [2.75, 3.05) is 4.72 Å². The Morgan fingerprint density at radius 2 is 1.78 bits per heavy atom. The van der Waals surface area contributed by atoms with E-state index in [-0.39, 0.29) is 18.6 Å². The van der Waals surface area contributed by atoms with Crippen LogP contribution < -0.4 is 4.72 Å². The van der Waals surface area contributed by atoms with E-state index in [0.717, 1.165) is 16.3 Å². The number of rotatable bonds is 4. The van der Waals surface area contributed by atoms with Gasteiger partial charge in [-0.2, -0.15) is 5.26 Å². The molecule has 7 heteroatoms. The van der Waals surface area contributed by atoms with Crippen molar-refractivity contribution in [3.05, 3.63) is 60.4 Å². The third-order valence-electron chi connectivity index (χ3n) is 4.76. The van der Waals surface area contributed by atoms with E-state index in [0.29, 0.717) is 16.8 Å². The molecule has 0 bridgehead atoms. The predicted octanol–water partition coefficient (Wildman–Crippen LogP) is 3.25. The number of anilines is 1. The monoisotopic (exact) mass is 377 g/mol. The summed E-state index contributed by atoms with van der Waals surface area (Å²) >= 11 is 0. The van der Waals surface area contributed by atoms with Gasteiger partial charge in [0.05, 0.1) is 22.6 Å². The second-order valence-corrected chi connectivity index (χ2v) is 8.42. The second-order valence-electron chi connectivity index (χ2n) is 6.46.